The highest BCUT2D eigenvalue weighted by atomic mass is 19.1. The molecule has 230 valence electrons. The summed E-state index contributed by atoms with van der Waals surface area (Å²) < 4.78 is 34.0. The number of rotatable bonds is 7. The highest BCUT2D eigenvalue weighted by Crippen LogP contribution is 2.36. The van der Waals surface area contributed by atoms with Gasteiger partial charge in [-0.25, -0.2) is 15.4 Å². The third kappa shape index (κ3) is 5.78. The summed E-state index contributed by atoms with van der Waals surface area (Å²) in [5.41, 5.74) is 4.20. The van der Waals surface area contributed by atoms with Gasteiger partial charge in [0.25, 0.3) is 5.91 Å². The van der Waals surface area contributed by atoms with Crippen LogP contribution in [-0.4, -0.2) is 96.9 Å². The number of aromatic nitrogens is 2. The van der Waals surface area contributed by atoms with Crippen molar-refractivity contribution in [1.82, 2.24) is 19.8 Å². The molecule has 6 rings (SSSR count). The third-order valence-corrected chi connectivity index (χ3v) is 9.07. The van der Waals surface area contributed by atoms with E-state index in [1.807, 2.05) is 11.9 Å². The molecule has 0 N–H and O–H groups in total. The smallest absolute Gasteiger partial charge is 0.318 e. The Balaban J connectivity index is 1.34. The molecule has 11 heteroatoms. The maximum Gasteiger partial charge on any atom is 0.318 e. The number of nitrogens with zero attached hydrogens (tertiary/aromatic N) is 7. The number of ether oxygens (including phenoxy) is 1. The Morgan fingerprint density at radius 2 is 1.91 bits per heavy atom. The minimum atomic E-state index is -1.03. The highest BCUT2D eigenvalue weighted by molar-refractivity contribution is 5.97. The van der Waals surface area contributed by atoms with Crippen LogP contribution in [0, 0.1) is 13.5 Å². The van der Waals surface area contributed by atoms with Crippen LogP contribution >= 0.6 is 0 Å². The summed E-state index contributed by atoms with van der Waals surface area (Å²) >= 11 is 0. The highest BCUT2D eigenvalue weighted by Gasteiger charge is 2.37. The Kier molecular flexibility index (Phi) is 8.36. The lowest BCUT2D eigenvalue weighted by Crippen LogP contribution is -2.57. The van der Waals surface area contributed by atoms with Gasteiger partial charge in [0.05, 0.1) is 12.2 Å². The van der Waals surface area contributed by atoms with Gasteiger partial charge in [0.1, 0.15) is 24.6 Å². The fourth-order valence-electron chi connectivity index (χ4n) is 6.80. The number of hydrogen-bond acceptors (Lipinski definition) is 7. The van der Waals surface area contributed by atoms with Gasteiger partial charge in [-0.15, -0.1) is 0 Å². The molecule has 9 nitrogen and oxygen atoms in total. The summed E-state index contributed by atoms with van der Waals surface area (Å²) in [5, 5.41) is 2.40. The number of carbonyl (C=O) groups excluding carboxylic acids is 1. The first-order valence-corrected chi connectivity index (χ1v) is 15.1. The van der Waals surface area contributed by atoms with E-state index in [-0.39, 0.29) is 31.7 Å². The third-order valence-electron chi connectivity index (χ3n) is 9.07. The van der Waals surface area contributed by atoms with E-state index in [4.69, 9.17) is 21.3 Å². The number of piperazine rings is 1. The van der Waals surface area contributed by atoms with Crippen molar-refractivity contribution in [3.63, 3.8) is 0 Å². The van der Waals surface area contributed by atoms with Crippen LogP contribution in [0.1, 0.15) is 23.2 Å². The Bertz CT molecular complexity index is 1620. The molecule has 3 aliphatic heterocycles. The number of alkyl halides is 1. The Morgan fingerprint density at radius 3 is 2.64 bits per heavy atom. The summed E-state index contributed by atoms with van der Waals surface area (Å²) in [6.07, 6.45) is 0.206. The van der Waals surface area contributed by atoms with Crippen LogP contribution in [0.5, 0.6) is 6.01 Å². The van der Waals surface area contributed by atoms with Gasteiger partial charge in [0, 0.05) is 55.4 Å². The van der Waals surface area contributed by atoms with Crippen LogP contribution in [0.2, 0.25) is 0 Å². The zero-order chi connectivity index (χ0) is 31.0. The van der Waals surface area contributed by atoms with E-state index in [9.17, 15) is 13.6 Å². The minimum Gasteiger partial charge on any atom is -0.462 e. The Hall–Kier alpha value is -4.30. The average Bonchev–Trinajstić information content (AvgIpc) is 3.35. The fraction of sp³-hybridized carbons (Fsp3) is 0.455. The first kappa shape index (κ1) is 29.8. The summed E-state index contributed by atoms with van der Waals surface area (Å²) in [7, 11) is 1.89. The topological polar surface area (TPSA) is 69.4 Å². The van der Waals surface area contributed by atoms with Gasteiger partial charge in [0.2, 0.25) is 6.54 Å². The molecular formula is C33H37F2N7O2. The second kappa shape index (κ2) is 12.4. The molecule has 1 aromatic heterocycles. The van der Waals surface area contributed by atoms with E-state index in [1.165, 1.54) is 21.2 Å². The number of anilines is 2. The van der Waals surface area contributed by atoms with Crippen LogP contribution < -0.4 is 14.5 Å². The van der Waals surface area contributed by atoms with E-state index in [1.54, 1.807) is 0 Å². The summed E-state index contributed by atoms with van der Waals surface area (Å²) in [6.45, 7) is 15.7. The van der Waals surface area contributed by atoms with Crippen molar-refractivity contribution < 1.29 is 18.3 Å². The SMILES string of the molecule is [C-]#[N+]C[C@H]1CN(c2nc(OC[C@H]3C[C@@H](F)CN3C)nc3c2CCN(c2cccc4cccc(C)c24)C3)CCN1C(=O)C(=C)F. The van der Waals surface area contributed by atoms with Crippen molar-refractivity contribution in [2.75, 3.05) is 62.7 Å². The second-order valence-corrected chi connectivity index (χ2v) is 12.0. The lowest BCUT2D eigenvalue weighted by molar-refractivity contribution is -0.131. The monoisotopic (exact) mass is 601 g/mol. The van der Waals surface area contributed by atoms with E-state index in [2.05, 4.69) is 64.5 Å². The predicted molar refractivity (Wildman–Crippen MR) is 166 cm³/mol. The van der Waals surface area contributed by atoms with Gasteiger partial charge in [-0.1, -0.05) is 36.9 Å². The second-order valence-electron chi connectivity index (χ2n) is 12.0. The van der Waals surface area contributed by atoms with Gasteiger partial charge in [-0.2, -0.15) is 9.97 Å². The number of carbonyl (C=O) groups is 1. The summed E-state index contributed by atoms with van der Waals surface area (Å²) in [5.74, 6) is -1.09. The molecule has 2 saturated heterocycles. The molecule has 3 atom stereocenters. The Labute approximate surface area is 256 Å². The summed E-state index contributed by atoms with van der Waals surface area (Å²) in [6, 6.07) is 12.3. The lowest BCUT2D eigenvalue weighted by atomic mass is 9.99. The number of fused-ring (bicyclic) bond motifs is 2. The first-order valence-electron chi connectivity index (χ1n) is 15.1. The van der Waals surface area contributed by atoms with Crippen LogP contribution in [0.4, 0.5) is 20.3 Å². The number of hydrogen-bond donors (Lipinski definition) is 0. The van der Waals surface area contributed by atoms with Crippen LogP contribution in [0.15, 0.2) is 48.8 Å². The zero-order valence-corrected chi connectivity index (χ0v) is 25.2. The molecule has 2 aromatic carbocycles. The number of likely N-dealkylation sites (N-methyl/N-ethyl adjacent to an activating group) is 1. The number of benzene rings is 2. The van der Waals surface area contributed by atoms with Crippen LogP contribution in [-0.2, 0) is 17.8 Å². The van der Waals surface area contributed by atoms with Gasteiger partial charge < -0.3 is 24.3 Å². The molecule has 0 bridgehead atoms. The zero-order valence-electron chi connectivity index (χ0n) is 25.2. The molecule has 44 heavy (non-hydrogen) atoms. The molecule has 0 unspecified atom stereocenters. The van der Waals surface area contributed by atoms with E-state index < -0.39 is 23.9 Å². The molecule has 0 radical (unpaired) electrons. The molecule has 0 spiro atoms. The van der Waals surface area contributed by atoms with Crippen molar-refractivity contribution in [3.8, 4) is 6.01 Å². The van der Waals surface area contributed by atoms with Crippen molar-refractivity contribution >= 4 is 28.2 Å². The first-order chi connectivity index (χ1) is 21.2. The number of aryl methyl sites for hydroxylation is 1. The van der Waals surface area contributed by atoms with Gasteiger partial charge in [0.15, 0.2) is 5.83 Å². The molecular weight excluding hydrogens is 564 g/mol. The fourth-order valence-corrected chi connectivity index (χ4v) is 6.80. The molecule has 1 amide bonds. The average molecular weight is 602 g/mol. The van der Waals surface area contributed by atoms with Crippen molar-refractivity contribution in [1.29, 1.82) is 0 Å². The number of amides is 1. The van der Waals surface area contributed by atoms with Crippen molar-refractivity contribution in [2.24, 2.45) is 0 Å². The predicted octanol–water partition coefficient (Wildman–Crippen LogP) is 4.34. The van der Waals surface area contributed by atoms with Crippen molar-refractivity contribution in [3.05, 3.63) is 77.0 Å². The van der Waals surface area contributed by atoms with E-state index >= 15 is 0 Å². The van der Waals surface area contributed by atoms with Crippen LogP contribution in [0.3, 0.4) is 0 Å². The number of likely N-dealkylation sites (tertiary alicyclic amines) is 1. The van der Waals surface area contributed by atoms with Gasteiger partial charge >= 0.3 is 6.01 Å². The molecule has 3 aromatic rings. The van der Waals surface area contributed by atoms with Gasteiger partial charge in [-0.3, -0.25) is 9.69 Å². The summed E-state index contributed by atoms with van der Waals surface area (Å²) in [4.78, 5) is 33.5. The molecule has 2 fully saturated rings. The number of halogens is 2. The van der Waals surface area contributed by atoms with E-state index in [0.29, 0.717) is 44.8 Å². The lowest BCUT2D eigenvalue weighted by Gasteiger charge is -2.41. The molecule has 3 aliphatic rings. The van der Waals surface area contributed by atoms with E-state index in [0.717, 1.165) is 23.5 Å². The quantitative estimate of drug-likeness (QED) is 0.295. The molecule has 4 heterocycles. The molecule has 0 aliphatic carbocycles. The van der Waals surface area contributed by atoms with Crippen molar-refractivity contribution in [2.45, 2.75) is 44.6 Å². The van der Waals surface area contributed by atoms with Crippen LogP contribution in [0.25, 0.3) is 15.6 Å². The standard InChI is InChI=1S/C33H37F2N7O2/c1-21-7-5-8-23-9-6-10-29(30(21)23)40-12-11-27-28(19-40)37-33(44-20-25-15-24(35)17-39(25)4)38-31(27)41-13-14-42(32(43)22(2)34)26(18-41)16-36-3/h5-10,24-26H,2,11-20H2,1,4H3/t24-,25-,26+/m1/s1. The molecule has 0 saturated carbocycles. The van der Waals surface area contributed by atoms with Gasteiger partial charge in [-0.05, 0) is 43.8 Å². The normalized spacial score (nSPS) is 22.2. The Morgan fingerprint density at radius 1 is 1.11 bits per heavy atom. The largest absolute Gasteiger partial charge is 0.462 e. The minimum absolute atomic E-state index is 0.0405. The maximum absolute atomic E-state index is 14.0. The maximum atomic E-state index is 14.0.